The van der Waals surface area contributed by atoms with Gasteiger partial charge in [-0.1, -0.05) is 26.0 Å². The summed E-state index contributed by atoms with van der Waals surface area (Å²) in [6.07, 6.45) is 1.71. The van der Waals surface area contributed by atoms with Gasteiger partial charge in [0.1, 0.15) is 5.75 Å². The number of halogens is 2. The molecule has 6 heteroatoms. The van der Waals surface area contributed by atoms with Crippen LogP contribution in [0.15, 0.2) is 24.3 Å². The Morgan fingerprint density at radius 3 is 2.50 bits per heavy atom. The van der Waals surface area contributed by atoms with Crippen LogP contribution in [0.25, 0.3) is 0 Å². The quantitative estimate of drug-likeness (QED) is 0.772. The van der Waals surface area contributed by atoms with Crippen molar-refractivity contribution < 1.29 is 18.3 Å². The lowest BCUT2D eigenvalue weighted by Crippen LogP contribution is -2.37. The maximum atomic E-state index is 12.2. The van der Waals surface area contributed by atoms with Gasteiger partial charge in [0.25, 0.3) is 0 Å². The lowest BCUT2D eigenvalue weighted by Gasteiger charge is -2.16. The smallest absolute Gasteiger partial charge is 0.387 e. The standard InChI is InChI=1S/C14H20F2N2O2/c1-3-10(4-2)18-13(19)9-17-11-7-5-6-8-12(11)20-14(15)16/h5-8,10,14,17H,3-4,9H2,1-2H3,(H,18,19). The molecule has 1 rings (SSSR count). The largest absolute Gasteiger partial charge is 0.433 e. The number of hydrogen-bond acceptors (Lipinski definition) is 3. The molecular weight excluding hydrogens is 266 g/mol. The van der Waals surface area contributed by atoms with Crippen molar-refractivity contribution in [2.75, 3.05) is 11.9 Å². The first-order valence-corrected chi connectivity index (χ1v) is 6.63. The van der Waals surface area contributed by atoms with Crippen molar-refractivity contribution in [2.24, 2.45) is 0 Å². The number of ether oxygens (including phenoxy) is 1. The van der Waals surface area contributed by atoms with Gasteiger partial charge in [0, 0.05) is 6.04 Å². The first-order valence-electron chi connectivity index (χ1n) is 6.63. The summed E-state index contributed by atoms with van der Waals surface area (Å²) in [6.45, 7) is 1.11. The minimum atomic E-state index is -2.89. The van der Waals surface area contributed by atoms with Gasteiger partial charge in [0.05, 0.1) is 12.2 Å². The van der Waals surface area contributed by atoms with Crippen LogP contribution in [-0.2, 0) is 4.79 Å². The molecule has 0 saturated carbocycles. The Morgan fingerprint density at radius 2 is 1.90 bits per heavy atom. The van der Waals surface area contributed by atoms with E-state index in [-0.39, 0.29) is 24.2 Å². The Hall–Kier alpha value is -1.85. The van der Waals surface area contributed by atoms with Crippen molar-refractivity contribution in [1.82, 2.24) is 5.32 Å². The van der Waals surface area contributed by atoms with Gasteiger partial charge in [0.2, 0.25) is 5.91 Å². The number of alkyl halides is 2. The number of anilines is 1. The maximum Gasteiger partial charge on any atom is 0.387 e. The molecule has 112 valence electrons. The zero-order valence-electron chi connectivity index (χ0n) is 11.7. The van der Waals surface area contributed by atoms with E-state index in [1.807, 2.05) is 13.8 Å². The number of amides is 1. The number of rotatable bonds is 8. The van der Waals surface area contributed by atoms with Crippen LogP contribution in [0.2, 0.25) is 0 Å². The molecule has 0 radical (unpaired) electrons. The highest BCUT2D eigenvalue weighted by Crippen LogP contribution is 2.25. The van der Waals surface area contributed by atoms with Crippen LogP contribution in [-0.4, -0.2) is 25.1 Å². The van der Waals surface area contributed by atoms with Crippen LogP contribution < -0.4 is 15.4 Å². The fourth-order valence-corrected chi connectivity index (χ4v) is 1.76. The molecule has 2 N–H and O–H groups in total. The molecule has 1 aromatic rings. The van der Waals surface area contributed by atoms with Crippen molar-refractivity contribution in [3.8, 4) is 5.75 Å². The van der Waals surface area contributed by atoms with E-state index in [9.17, 15) is 13.6 Å². The Morgan fingerprint density at radius 1 is 1.25 bits per heavy atom. The summed E-state index contributed by atoms with van der Waals surface area (Å²) >= 11 is 0. The summed E-state index contributed by atoms with van der Waals surface area (Å²) in [6, 6.07) is 6.42. The van der Waals surface area contributed by atoms with E-state index in [0.29, 0.717) is 5.69 Å². The molecule has 4 nitrogen and oxygen atoms in total. The van der Waals surface area contributed by atoms with Crippen molar-refractivity contribution in [2.45, 2.75) is 39.3 Å². The van der Waals surface area contributed by atoms with Gasteiger partial charge < -0.3 is 15.4 Å². The molecule has 1 aromatic carbocycles. The first-order chi connectivity index (χ1) is 9.56. The van der Waals surface area contributed by atoms with E-state index in [2.05, 4.69) is 15.4 Å². The van der Waals surface area contributed by atoms with E-state index in [1.165, 1.54) is 6.07 Å². The highest BCUT2D eigenvalue weighted by Gasteiger charge is 2.11. The number of para-hydroxylation sites is 2. The summed E-state index contributed by atoms with van der Waals surface area (Å²) in [5, 5.41) is 5.66. The average molecular weight is 286 g/mol. The third-order valence-electron chi connectivity index (χ3n) is 2.89. The topological polar surface area (TPSA) is 50.4 Å². The Bertz CT molecular complexity index is 423. The van der Waals surface area contributed by atoms with Gasteiger partial charge in [-0.2, -0.15) is 8.78 Å². The second-order valence-corrected chi connectivity index (χ2v) is 4.31. The van der Waals surface area contributed by atoms with Crippen molar-refractivity contribution >= 4 is 11.6 Å². The second kappa shape index (κ2) is 8.35. The third kappa shape index (κ3) is 5.42. The summed E-state index contributed by atoms with van der Waals surface area (Å²) in [4.78, 5) is 11.7. The molecule has 0 atom stereocenters. The Labute approximate surface area is 117 Å². The van der Waals surface area contributed by atoms with Gasteiger partial charge in [-0.3, -0.25) is 4.79 Å². The molecule has 0 fully saturated rings. The van der Waals surface area contributed by atoms with Crippen LogP contribution >= 0.6 is 0 Å². The van der Waals surface area contributed by atoms with Gasteiger partial charge in [-0.05, 0) is 25.0 Å². The molecule has 0 saturated heterocycles. The Balaban J connectivity index is 2.54. The van der Waals surface area contributed by atoms with Gasteiger partial charge in [-0.15, -0.1) is 0 Å². The van der Waals surface area contributed by atoms with Crippen LogP contribution in [0.4, 0.5) is 14.5 Å². The number of carbonyl (C=O) groups excluding carboxylic acids is 1. The molecule has 0 aliphatic rings. The number of nitrogens with one attached hydrogen (secondary N) is 2. The van der Waals surface area contributed by atoms with Crippen LogP contribution in [0.1, 0.15) is 26.7 Å². The molecule has 0 heterocycles. The number of hydrogen-bond donors (Lipinski definition) is 2. The van der Waals surface area contributed by atoms with E-state index < -0.39 is 6.61 Å². The van der Waals surface area contributed by atoms with E-state index in [4.69, 9.17) is 0 Å². The highest BCUT2D eigenvalue weighted by molar-refractivity contribution is 5.81. The molecule has 0 spiro atoms. The first kappa shape index (κ1) is 16.2. The SMILES string of the molecule is CCC(CC)NC(=O)CNc1ccccc1OC(F)F. The summed E-state index contributed by atoms with van der Waals surface area (Å²) < 4.78 is 28.8. The Kier molecular flexibility index (Phi) is 6.76. The lowest BCUT2D eigenvalue weighted by molar-refractivity contribution is -0.120. The van der Waals surface area contributed by atoms with Crippen LogP contribution in [0.3, 0.4) is 0 Å². The number of carbonyl (C=O) groups is 1. The normalized spacial score (nSPS) is 10.7. The zero-order valence-corrected chi connectivity index (χ0v) is 11.7. The van der Waals surface area contributed by atoms with E-state index in [0.717, 1.165) is 12.8 Å². The average Bonchev–Trinajstić information content (AvgIpc) is 2.43. The predicted molar refractivity (Wildman–Crippen MR) is 74.1 cm³/mol. The second-order valence-electron chi connectivity index (χ2n) is 4.31. The lowest BCUT2D eigenvalue weighted by atomic mass is 10.2. The summed E-state index contributed by atoms with van der Waals surface area (Å²) in [5.74, 6) is -0.150. The van der Waals surface area contributed by atoms with Crippen LogP contribution in [0.5, 0.6) is 5.75 Å². The molecule has 0 aliphatic heterocycles. The predicted octanol–water partition coefficient (Wildman–Crippen LogP) is 3.00. The molecule has 1 amide bonds. The molecule has 20 heavy (non-hydrogen) atoms. The minimum Gasteiger partial charge on any atom is -0.433 e. The van der Waals surface area contributed by atoms with Crippen molar-refractivity contribution in [3.05, 3.63) is 24.3 Å². The zero-order chi connectivity index (χ0) is 15.0. The van der Waals surface area contributed by atoms with Crippen molar-refractivity contribution in [3.63, 3.8) is 0 Å². The molecule has 0 bridgehead atoms. The fourth-order valence-electron chi connectivity index (χ4n) is 1.76. The third-order valence-corrected chi connectivity index (χ3v) is 2.89. The molecule has 0 unspecified atom stereocenters. The van der Waals surface area contributed by atoms with Gasteiger partial charge in [-0.25, -0.2) is 0 Å². The van der Waals surface area contributed by atoms with E-state index in [1.54, 1.807) is 18.2 Å². The molecule has 0 aliphatic carbocycles. The van der Waals surface area contributed by atoms with Gasteiger partial charge in [0.15, 0.2) is 0 Å². The van der Waals surface area contributed by atoms with Gasteiger partial charge >= 0.3 is 6.61 Å². The number of benzene rings is 1. The fraction of sp³-hybridized carbons (Fsp3) is 0.500. The van der Waals surface area contributed by atoms with Crippen molar-refractivity contribution in [1.29, 1.82) is 0 Å². The summed E-state index contributed by atoms with van der Waals surface area (Å²) in [7, 11) is 0. The monoisotopic (exact) mass is 286 g/mol. The molecular formula is C14H20F2N2O2. The maximum absolute atomic E-state index is 12.2. The molecule has 0 aromatic heterocycles. The highest BCUT2D eigenvalue weighted by atomic mass is 19.3. The summed E-state index contributed by atoms with van der Waals surface area (Å²) in [5.41, 5.74) is 0.368. The van der Waals surface area contributed by atoms with Crippen LogP contribution in [0, 0.1) is 0 Å². The minimum absolute atomic E-state index is 0.0140. The van der Waals surface area contributed by atoms with E-state index >= 15 is 0 Å².